The molecule has 7 nitrogen and oxygen atoms in total. The smallest absolute Gasteiger partial charge is 0.125 e. The van der Waals surface area contributed by atoms with Gasteiger partial charge in [0.15, 0.2) is 0 Å². The first-order valence-corrected chi connectivity index (χ1v) is 11.2. The molecule has 0 amide bonds. The molecule has 0 spiro atoms. The second-order valence-corrected chi connectivity index (χ2v) is 8.86. The van der Waals surface area contributed by atoms with Gasteiger partial charge in [0, 0.05) is 37.0 Å². The molecular weight excluding hydrogens is 410 g/mol. The number of quaternary nitrogens is 1. The van der Waals surface area contributed by atoms with Crippen LogP contribution in [0.15, 0.2) is 24.3 Å². The number of fused-ring (bicyclic) bond motifs is 1. The van der Waals surface area contributed by atoms with Gasteiger partial charge in [0.2, 0.25) is 0 Å². The van der Waals surface area contributed by atoms with Gasteiger partial charge in [-0.1, -0.05) is 12.1 Å². The van der Waals surface area contributed by atoms with Gasteiger partial charge >= 0.3 is 0 Å². The Bertz CT molecular complexity index is 906. The van der Waals surface area contributed by atoms with Crippen molar-refractivity contribution in [1.82, 2.24) is 0 Å². The van der Waals surface area contributed by atoms with Crippen LogP contribution in [0.2, 0.25) is 0 Å². The van der Waals surface area contributed by atoms with E-state index in [1.807, 2.05) is 24.3 Å². The Balaban J connectivity index is 2.10. The molecule has 1 heterocycles. The molecular formula is C25H36NO6+. The molecule has 1 aliphatic heterocycles. The van der Waals surface area contributed by atoms with Crippen LogP contribution in [0.4, 0.5) is 0 Å². The minimum atomic E-state index is -0.209. The lowest BCUT2D eigenvalue weighted by Gasteiger charge is -2.46. The first-order valence-electron chi connectivity index (χ1n) is 11.2. The van der Waals surface area contributed by atoms with E-state index in [0.29, 0.717) is 29.7 Å². The third kappa shape index (κ3) is 4.83. The minimum absolute atomic E-state index is 0.0690. The summed E-state index contributed by atoms with van der Waals surface area (Å²) in [5.41, 5.74) is 6.05. The summed E-state index contributed by atoms with van der Waals surface area (Å²) in [6.07, 6.45) is 2.23. The topological polar surface area (TPSA) is 110 Å². The first kappa shape index (κ1) is 24.6. The Kier molecular flexibility index (Phi) is 8.27. The van der Waals surface area contributed by atoms with Gasteiger partial charge in [0.05, 0.1) is 53.7 Å². The minimum Gasteiger partial charge on any atom is -0.496 e. The van der Waals surface area contributed by atoms with Crippen LogP contribution in [-0.2, 0) is 39.3 Å². The number of likely N-dealkylation sites (N-methyl/N-ethyl adjacent to an activating group) is 1. The number of aliphatic hydroxyl groups is 5. The maximum atomic E-state index is 9.88. The van der Waals surface area contributed by atoms with Crippen LogP contribution >= 0.6 is 0 Å². The molecule has 0 bridgehead atoms. The molecule has 3 rings (SSSR count). The fourth-order valence-corrected chi connectivity index (χ4v) is 5.09. The molecule has 0 aromatic heterocycles. The first-order chi connectivity index (χ1) is 15.4. The molecule has 1 aliphatic rings. The van der Waals surface area contributed by atoms with Crippen molar-refractivity contribution >= 4 is 0 Å². The standard InChI is InChI=1S/C25H36NO6/c1-26(5-3-7-27)6-4-18-11-19(13-28)20(14-29)12-22(18)24(26)9-17-8-21(15-30)23(16-31)25(10-17)32-2/h8,10-12,24,27-31H,3-7,9,13-16H2,1-2H3/q+1/t24-,26-/m1/s1. The molecule has 5 N–H and O–H groups in total. The maximum absolute atomic E-state index is 9.88. The zero-order chi connectivity index (χ0) is 23.3. The van der Waals surface area contributed by atoms with E-state index < -0.39 is 0 Å². The lowest BCUT2D eigenvalue weighted by molar-refractivity contribution is -0.941. The summed E-state index contributed by atoms with van der Waals surface area (Å²) in [7, 11) is 3.76. The molecule has 0 saturated carbocycles. The number of benzene rings is 2. The van der Waals surface area contributed by atoms with E-state index in [4.69, 9.17) is 4.74 Å². The molecule has 0 saturated heterocycles. The number of hydrogen-bond donors (Lipinski definition) is 5. The monoisotopic (exact) mass is 446 g/mol. The van der Waals surface area contributed by atoms with E-state index in [2.05, 4.69) is 7.05 Å². The van der Waals surface area contributed by atoms with Crippen LogP contribution in [0, 0.1) is 0 Å². The molecule has 0 unspecified atom stereocenters. The largest absolute Gasteiger partial charge is 0.496 e. The zero-order valence-corrected chi connectivity index (χ0v) is 19.0. The van der Waals surface area contributed by atoms with Gasteiger partial charge < -0.3 is 34.8 Å². The molecule has 2 aromatic carbocycles. The van der Waals surface area contributed by atoms with E-state index in [9.17, 15) is 25.5 Å². The van der Waals surface area contributed by atoms with Gasteiger partial charge in [-0.15, -0.1) is 0 Å². The van der Waals surface area contributed by atoms with Crippen molar-refractivity contribution in [3.05, 3.63) is 63.2 Å². The SMILES string of the molecule is COc1cc(C[C@@H]2c3cc(CO)c(CO)cc3CC[N@@+]2(C)CCCO)cc(CO)c1CO. The van der Waals surface area contributed by atoms with Crippen molar-refractivity contribution in [2.24, 2.45) is 0 Å². The summed E-state index contributed by atoms with van der Waals surface area (Å²) in [5.74, 6) is 0.557. The van der Waals surface area contributed by atoms with Crippen LogP contribution < -0.4 is 4.74 Å². The molecule has 176 valence electrons. The number of rotatable bonds is 10. The lowest BCUT2D eigenvalue weighted by Crippen LogP contribution is -2.52. The summed E-state index contributed by atoms with van der Waals surface area (Å²) >= 11 is 0. The molecule has 7 heteroatoms. The second-order valence-electron chi connectivity index (χ2n) is 8.86. The lowest BCUT2D eigenvalue weighted by atomic mass is 9.83. The number of ether oxygens (including phenoxy) is 1. The fraction of sp³-hybridized carbons (Fsp3) is 0.520. The Morgan fingerprint density at radius 2 is 1.59 bits per heavy atom. The van der Waals surface area contributed by atoms with Crippen LogP contribution in [0.1, 0.15) is 51.4 Å². The van der Waals surface area contributed by atoms with Crippen LogP contribution in [-0.4, -0.2) is 63.9 Å². The molecule has 2 aromatic rings. The van der Waals surface area contributed by atoms with E-state index in [0.717, 1.165) is 46.2 Å². The van der Waals surface area contributed by atoms with Crippen molar-refractivity contribution in [3.63, 3.8) is 0 Å². The van der Waals surface area contributed by atoms with Gasteiger partial charge in [0.25, 0.3) is 0 Å². The van der Waals surface area contributed by atoms with Crippen molar-refractivity contribution in [2.75, 3.05) is 33.9 Å². The second kappa shape index (κ2) is 10.7. The van der Waals surface area contributed by atoms with Crippen LogP contribution in [0.5, 0.6) is 5.75 Å². The Morgan fingerprint density at radius 1 is 0.906 bits per heavy atom. The predicted molar refractivity (Wildman–Crippen MR) is 121 cm³/mol. The number of hydrogen-bond acceptors (Lipinski definition) is 6. The molecule has 0 aliphatic carbocycles. The van der Waals surface area contributed by atoms with Gasteiger partial charge in [-0.05, 0) is 39.9 Å². The Hall–Kier alpha value is -2.00. The maximum Gasteiger partial charge on any atom is 0.125 e. The van der Waals surface area contributed by atoms with Crippen molar-refractivity contribution in [1.29, 1.82) is 0 Å². The summed E-state index contributed by atoms with van der Waals surface area (Å²) in [6, 6.07) is 7.95. The fourth-order valence-electron chi connectivity index (χ4n) is 5.09. The van der Waals surface area contributed by atoms with E-state index in [-0.39, 0.29) is 39.1 Å². The number of nitrogens with zero attached hydrogens (tertiary/aromatic N) is 1. The normalized spacial score (nSPS) is 20.3. The highest BCUT2D eigenvalue weighted by Gasteiger charge is 2.39. The van der Waals surface area contributed by atoms with E-state index in [1.165, 1.54) is 5.56 Å². The van der Waals surface area contributed by atoms with E-state index >= 15 is 0 Å². The Labute approximate surface area is 189 Å². The van der Waals surface area contributed by atoms with Crippen molar-refractivity contribution < 1.29 is 34.8 Å². The molecule has 0 radical (unpaired) electrons. The molecule has 2 atom stereocenters. The zero-order valence-electron chi connectivity index (χ0n) is 19.0. The van der Waals surface area contributed by atoms with Crippen molar-refractivity contribution in [3.8, 4) is 5.75 Å². The highest BCUT2D eigenvalue weighted by Crippen LogP contribution is 2.40. The summed E-state index contributed by atoms with van der Waals surface area (Å²) < 4.78 is 6.24. The Morgan fingerprint density at radius 3 is 2.19 bits per heavy atom. The number of aliphatic hydroxyl groups excluding tert-OH is 5. The van der Waals surface area contributed by atoms with E-state index in [1.54, 1.807) is 7.11 Å². The molecule has 32 heavy (non-hydrogen) atoms. The summed E-state index contributed by atoms with van der Waals surface area (Å²) in [6.45, 7) is 1.21. The average Bonchev–Trinajstić information content (AvgIpc) is 2.83. The highest BCUT2D eigenvalue weighted by atomic mass is 16.5. The number of methoxy groups -OCH3 is 1. The van der Waals surface area contributed by atoms with Crippen LogP contribution in [0.25, 0.3) is 0 Å². The average molecular weight is 447 g/mol. The quantitative estimate of drug-likeness (QED) is 0.352. The van der Waals surface area contributed by atoms with Gasteiger partial charge in [-0.2, -0.15) is 0 Å². The summed E-state index contributed by atoms with van der Waals surface area (Å²) in [5, 5.41) is 48.7. The van der Waals surface area contributed by atoms with Gasteiger partial charge in [0.1, 0.15) is 11.8 Å². The third-order valence-corrected chi connectivity index (χ3v) is 6.97. The predicted octanol–water partition coefficient (Wildman–Crippen LogP) is 1.33. The van der Waals surface area contributed by atoms with Gasteiger partial charge in [-0.25, -0.2) is 0 Å². The summed E-state index contributed by atoms with van der Waals surface area (Å²) in [4.78, 5) is 0. The molecule has 0 fully saturated rings. The third-order valence-electron chi connectivity index (χ3n) is 6.97. The highest BCUT2D eigenvalue weighted by molar-refractivity contribution is 5.45. The van der Waals surface area contributed by atoms with Crippen LogP contribution in [0.3, 0.4) is 0 Å². The van der Waals surface area contributed by atoms with Gasteiger partial charge in [-0.3, -0.25) is 0 Å². The van der Waals surface area contributed by atoms with Crippen molar-refractivity contribution in [2.45, 2.75) is 51.7 Å².